The van der Waals surface area contributed by atoms with Gasteiger partial charge in [-0.25, -0.2) is 4.98 Å². The zero-order valence-corrected chi connectivity index (χ0v) is 12.8. The van der Waals surface area contributed by atoms with Gasteiger partial charge in [-0.3, -0.25) is 0 Å². The Balaban J connectivity index is 1.80. The van der Waals surface area contributed by atoms with Gasteiger partial charge in [-0.05, 0) is 18.9 Å². The molecule has 1 aliphatic heterocycles. The Hall–Kier alpha value is -2.18. The summed E-state index contributed by atoms with van der Waals surface area (Å²) in [5, 5.41) is 8.25. The van der Waals surface area contributed by atoms with Gasteiger partial charge in [0, 0.05) is 46.3 Å². The van der Waals surface area contributed by atoms with Crippen LogP contribution in [0.1, 0.15) is 24.6 Å². The normalized spacial score (nSPS) is 18.8. The van der Waals surface area contributed by atoms with Gasteiger partial charge >= 0.3 is 0 Å². The number of rotatable bonds is 3. The maximum Gasteiger partial charge on any atom is 0.226 e. The zero-order chi connectivity index (χ0) is 14.8. The number of hydrogen-bond donors (Lipinski definition) is 0. The molecule has 2 aromatic rings. The van der Waals surface area contributed by atoms with Gasteiger partial charge in [-0.1, -0.05) is 0 Å². The van der Waals surface area contributed by atoms with Gasteiger partial charge in [0.2, 0.25) is 5.95 Å². The van der Waals surface area contributed by atoms with Crippen LogP contribution in [0, 0.1) is 0 Å². The monoisotopic (exact) mass is 287 g/mol. The summed E-state index contributed by atoms with van der Waals surface area (Å²) in [6.07, 6.45) is 5.88. The molecule has 0 N–H and O–H groups in total. The highest BCUT2D eigenvalue weighted by molar-refractivity contribution is 5.44. The van der Waals surface area contributed by atoms with E-state index in [4.69, 9.17) is 0 Å². The van der Waals surface area contributed by atoms with Crippen LogP contribution in [0.25, 0.3) is 0 Å². The molecule has 0 bridgehead atoms. The Labute approximate surface area is 124 Å². The van der Waals surface area contributed by atoms with Crippen LogP contribution in [0.5, 0.6) is 0 Å². The van der Waals surface area contributed by atoms with E-state index in [1.807, 2.05) is 42.9 Å². The Morgan fingerprint density at radius 3 is 2.90 bits per heavy atom. The van der Waals surface area contributed by atoms with Crippen molar-refractivity contribution in [3.8, 4) is 0 Å². The van der Waals surface area contributed by atoms with Crippen LogP contribution in [0.15, 0.2) is 18.6 Å². The Kier molecular flexibility index (Phi) is 3.72. The standard InChI is InChI=1S/C14H21N7/c1-19(2)14-15-7-6-12(17-14)21-8-4-5-11(9-21)13-18-16-10-20(13)3/h6-7,10-11H,4-5,8-9H2,1-3H3/t11-/m0/s1. The van der Waals surface area contributed by atoms with Gasteiger partial charge in [-0.15, -0.1) is 10.2 Å². The third-order valence-electron chi connectivity index (χ3n) is 3.89. The molecule has 1 atom stereocenters. The molecule has 21 heavy (non-hydrogen) atoms. The molecule has 3 heterocycles. The highest BCUT2D eigenvalue weighted by atomic mass is 15.3. The first-order chi connectivity index (χ1) is 10.1. The summed E-state index contributed by atoms with van der Waals surface area (Å²) < 4.78 is 2.01. The maximum absolute atomic E-state index is 4.63. The molecule has 112 valence electrons. The van der Waals surface area contributed by atoms with Gasteiger partial charge in [0.05, 0.1) is 0 Å². The van der Waals surface area contributed by atoms with E-state index in [2.05, 4.69) is 25.1 Å². The average molecular weight is 287 g/mol. The zero-order valence-electron chi connectivity index (χ0n) is 12.8. The molecule has 2 aromatic heterocycles. The molecular formula is C14H21N7. The molecule has 3 rings (SSSR count). The summed E-state index contributed by atoms with van der Waals surface area (Å²) >= 11 is 0. The Bertz CT molecular complexity index is 607. The summed E-state index contributed by atoms with van der Waals surface area (Å²) in [6, 6.07) is 1.98. The quantitative estimate of drug-likeness (QED) is 0.841. The fraction of sp³-hybridized carbons (Fsp3) is 0.571. The Morgan fingerprint density at radius 2 is 2.19 bits per heavy atom. The molecular weight excluding hydrogens is 266 g/mol. The molecule has 0 saturated carbocycles. The van der Waals surface area contributed by atoms with E-state index in [-0.39, 0.29) is 0 Å². The van der Waals surface area contributed by atoms with Gasteiger partial charge in [-0.2, -0.15) is 4.98 Å². The largest absolute Gasteiger partial charge is 0.356 e. The molecule has 1 aliphatic rings. The van der Waals surface area contributed by atoms with Crippen molar-refractivity contribution in [2.45, 2.75) is 18.8 Å². The second-order valence-electron chi connectivity index (χ2n) is 5.69. The highest BCUT2D eigenvalue weighted by Crippen LogP contribution is 2.28. The maximum atomic E-state index is 4.63. The van der Waals surface area contributed by atoms with E-state index >= 15 is 0 Å². The van der Waals surface area contributed by atoms with E-state index in [0.717, 1.165) is 43.5 Å². The first-order valence-electron chi connectivity index (χ1n) is 7.24. The molecule has 0 spiro atoms. The lowest BCUT2D eigenvalue weighted by molar-refractivity contribution is 0.477. The van der Waals surface area contributed by atoms with Crippen molar-refractivity contribution < 1.29 is 0 Å². The van der Waals surface area contributed by atoms with E-state index in [1.165, 1.54) is 0 Å². The molecule has 0 aromatic carbocycles. The summed E-state index contributed by atoms with van der Waals surface area (Å²) in [6.45, 7) is 1.95. The predicted molar refractivity (Wildman–Crippen MR) is 81.6 cm³/mol. The van der Waals surface area contributed by atoms with Crippen molar-refractivity contribution in [2.24, 2.45) is 7.05 Å². The summed E-state index contributed by atoms with van der Waals surface area (Å²) in [7, 11) is 5.92. The van der Waals surface area contributed by atoms with Crippen LogP contribution in [0.4, 0.5) is 11.8 Å². The topological polar surface area (TPSA) is 63.0 Å². The van der Waals surface area contributed by atoms with Crippen LogP contribution in [-0.4, -0.2) is 51.9 Å². The summed E-state index contributed by atoms with van der Waals surface area (Å²) in [5.41, 5.74) is 0. The van der Waals surface area contributed by atoms with Crippen LogP contribution >= 0.6 is 0 Å². The molecule has 1 saturated heterocycles. The number of hydrogen-bond acceptors (Lipinski definition) is 6. The van der Waals surface area contributed by atoms with Crippen molar-refractivity contribution in [1.29, 1.82) is 0 Å². The van der Waals surface area contributed by atoms with Crippen molar-refractivity contribution in [2.75, 3.05) is 37.0 Å². The van der Waals surface area contributed by atoms with Crippen molar-refractivity contribution >= 4 is 11.8 Å². The van der Waals surface area contributed by atoms with Crippen LogP contribution in [-0.2, 0) is 7.05 Å². The summed E-state index contributed by atoms with van der Waals surface area (Å²) in [4.78, 5) is 13.2. The molecule has 1 fully saturated rings. The minimum Gasteiger partial charge on any atom is -0.356 e. The molecule has 0 radical (unpaired) electrons. The van der Waals surface area contributed by atoms with Gasteiger partial charge in [0.25, 0.3) is 0 Å². The van der Waals surface area contributed by atoms with Gasteiger partial charge in [0.15, 0.2) is 0 Å². The van der Waals surface area contributed by atoms with E-state index in [9.17, 15) is 0 Å². The lowest BCUT2D eigenvalue weighted by atomic mass is 9.97. The fourth-order valence-electron chi connectivity index (χ4n) is 2.79. The third kappa shape index (κ3) is 2.81. The summed E-state index contributed by atoms with van der Waals surface area (Å²) in [5.74, 6) is 3.19. The molecule has 0 unspecified atom stereocenters. The predicted octanol–water partition coefficient (Wildman–Crippen LogP) is 1.06. The number of anilines is 2. The van der Waals surface area contributed by atoms with Crippen molar-refractivity contribution in [3.63, 3.8) is 0 Å². The van der Waals surface area contributed by atoms with Crippen molar-refractivity contribution in [1.82, 2.24) is 24.7 Å². The van der Waals surface area contributed by atoms with Crippen LogP contribution < -0.4 is 9.80 Å². The smallest absolute Gasteiger partial charge is 0.226 e. The molecule has 7 heteroatoms. The Morgan fingerprint density at radius 1 is 1.33 bits per heavy atom. The third-order valence-corrected chi connectivity index (χ3v) is 3.89. The minimum atomic E-state index is 0.407. The number of nitrogens with zero attached hydrogens (tertiary/aromatic N) is 7. The second-order valence-corrected chi connectivity index (χ2v) is 5.69. The second kappa shape index (κ2) is 5.67. The first kappa shape index (κ1) is 13.8. The van der Waals surface area contributed by atoms with E-state index in [0.29, 0.717) is 5.92 Å². The lowest BCUT2D eigenvalue weighted by Gasteiger charge is -2.33. The molecule has 0 aliphatic carbocycles. The van der Waals surface area contributed by atoms with Crippen molar-refractivity contribution in [3.05, 3.63) is 24.4 Å². The highest BCUT2D eigenvalue weighted by Gasteiger charge is 2.25. The number of aromatic nitrogens is 5. The molecule has 7 nitrogen and oxygen atoms in total. The number of piperidine rings is 1. The van der Waals surface area contributed by atoms with Crippen LogP contribution in [0.3, 0.4) is 0 Å². The SMILES string of the molecule is CN(C)c1nccc(N2CCC[C@H](c3nncn3C)C2)n1. The van der Waals surface area contributed by atoms with E-state index < -0.39 is 0 Å². The average Bonchev–Trinajstić information content (AvgIpc) is 2.94. The van der Waals surface area contributed by atoms with Crippen LogP contribution in [0.2, 0.25) is 0 Å². The lowest BCUT2D eigenvalue weighted by Crippen LogP contribution is -2.36. The van der Waals surface area contributed by atoms with E-state index in [1.54, 1.807) is 6.33 Å². The number of aryl methyl sites for hydroxylation is 1. The van der Waals surface area contributed by atoms with Gasteiger partial charge in [0.1, 0.15) is 18.0 Å². The van der Waals surface area contributed by atoms with Gasteiger partial charge < -0.3 is 14.4 Å². The fourth-order valence-corrected chi connectivity index (χ4v) is 2.79. The minimum absolute atomic E-state index is 0.407. The molecule has 0 amide bonds. The first-order valence-corrected chi connectivity index (χ1v) is 7.24.